The number of hydrogen-bond acceptors (Lipinski definition) is 6. The minimum Gasteiger partial charge on any atom is -0.356 e. The molecule has 1 amide bonds. The van der Waals surface area contributed by atoms with E-state index in [-0.39, 0.29) is 31.0 Å². The van der Waals surface area contributed by atoms with Crippen LogP contribution in [0.25, 0.3) is 0 Å². The second-order valence-corrected chi connectivity index (χ2v) is 10.4. The molecule has 3 aromatic rings. The molecule has 214 valence electrons. The van der Waals surface area contributed by atoms with Crippen molar-refractivity contribution in [1.82, 2.24) is 10.2 Å². The lowest BCUT2D eigenvalue weighted by Crippen LogP contribution is -2.39. The van der Waals surface area contributed by atoms with Crippen LogP contribution in [0.1, 0.15) is 47.2 Å². The zero-order chi connectivity index (χ0) is 28.2. The van der Waals surface area contributed by atoms with Crippen LogP contribution in [0.4, 0.5) is 0 Å². The summed E-state index contributed by atoms with van der Waals surface area (Å²) in [4.78, 5) is 15.5. The molecular weight excluding hydrogens is 572 g/mol. The van der Waals surface area contributed by atoms with Crippen LogP contribution in [-0.4, -0.2) is 57.4 Å². The van der Waals surface area contributed by atoms with E-state index in [1.807, 2.05) is 48.5 Å². The largest absolute Gasteiger partial charge is 0.356 e. The van der Waals surface area contributed by atoms with Gasteiger partial charge in [-0.3, -0.25) is 9.69 Å². The van der Waals surface area contributed by atoms with Crippen molar-refractivity contribution in [3.05, 3.63) is 107 Å². The SMILES string of the molecule is CO[C@@H]1CCN(Cc2ccc(CBr)cc2)[C@H](c2ccccc2)CO[C@H](OC)CC(=O)N[C@H](c2ccccc2)CO1. The first kappa shape index (κ1) is 30.4. The second kappa shape index (κ2) is 16.0. The van der Waals surface area contributed by atoms with E-state index in [0.29, 0.717) is 26.1 Å². The molecule has 0 unspecified atom stereocenters. The fraction of sp³-hybridized carbons (Fsp3) is 0.406. The van der Waals surface area contributed by atoms with Crippen LogP contribution >= 0.6 is 15.9 Å². The summed E-state index contributed by atoms with van der Waals surface area (Å²) in [5, 5.41) is 3.92. The fourth-order valence-electron chi connectivity index (χ4n) is 4.86. The minimum atomic E-state index is -0.682. The maximum absolute atomic E-state index is 13.1. The van der Waals surface area contributed by atoms with Crippen molar-refractivity contribution in [2.75, 3.05) is 34.0 Å². The summed E-state index contributed by atoms with van der Waals surface area (Å²) in [7, 11) is 3.23. The summed E-state index contributed by atoms with van der Waals surface area (Å²) in [6.45, 7) is 2.06. The van der Waals surface area contributed by atoms with Crippen LogP contribution < -0.4 is 5.32 Å². The molecule has 4 rings (SSSR count). The molecule has 1 N–H and O–H groups in total. The van der Waals surface area contributed by atoms with E-state index in [2.05, 4.69) is 62.5 Å². The number of alkyl halides is 1. The number of hydrogen-bond donors (Lipinski definition) is 1. The van der Waals surface area contributed by atoms with Gasteiger partial charge in [-0.15, -0.1) is 0 Å². The number of methoxy groups -OCH3 is 2. The van der Waals surface area contributed by atoms with Gasteiger partial charge in [-0.05, 0) is 22.3 Å². The Kier molecular flexibility index (Phi) is 12.2. The molecule has 0 radical (unpaired) electrons. The lowest BCUT2D eigenvalue weighted by Gasteiger charge is -2.34. The highest BCUT2D eigenvalue weighted by atomic mass is 79.9. The first-order chi connectivity index (χ1) is 19.6. The molecule has 1 heterocycles. The summed E-state index contributed by atoms with van der Waals surface area (Å²) in [5.41, 5.74) is 4.53. The van der Waals surface area contributed by atoms with E-state index in [0.717, 1.165) is 16.5 Å². The van der Waals surface area contributed by atoms with Gasteiger partial charge in [-0.2, -0.15) is 0 Å². The molecule has 1 fully saturated rings. The van der Waals surface area contributed by atoms with Crippen LogP contribution in [0.3, 0.4) is 0 Å². The first-order valence-electron chi connectivity index (χ1n) is 13.7. The van der Waals surface area contributed by atoms with Crippen molar-refractivity contribution < 1.29 is 23.7 Å². The number of amides is 1. The quantitative estimate of drug-likeness (QED) is 0.343. The van der Waals surface area contributed by atoms with Gasteiger partial charge in [0.2, 0.25) is 5.91 Å². The number of benzene rings is 3. The predicted molar refractivity (Wildman–Crippen MR) is 159 cm³/mol. The number of halogens is 1. The van der Waals surface area contributed by atoms with Crippen molar-refractivity contribution in [2.45, 2.75) is 49.4 Å². The molecule has 3 aromatic carbocycles. The van der Waals surface area contributed by atoms with Crippen LogP contribution in [0.15, 0.2) is 84.9 Å². The minimum absolute atomic E-state index is 0.0725. The average molecular weight is 612 g/mol. The molecule has 0 aromatic heterocycles. The smallest absolute Gasteiger partial charge is 0.225 e. The zero-order valence-corrected chi connectivity index (χ0v) is 24.8. The Morgan fingerprint density at radius 2 is 1.43 bits per heavy atom. The van der Waals surface area contributed by atoms with E-state index in [9.17, 15) is 4.79 Å². The molecule has 0 spiro atoms. The highest BCUT2D eigenvalue weighted by Gasteiger charge is 2.27. The average Bonchev–Trinajstić information content (AvgIpc) is 3.00. The summed E-state index contributed by atoms with van der Waals surface area (Å²) >= 11 is 3.54. The molecule has 8 heteroatoms. The van der Waals surface area contributed by atoms with E-state index in [4.69, 9.17) is 18.9 Å². The number of carbonyl (C=O) groups excluding carboxylic acids is 1. The summed E-state index contributed by atoms with van der Waals surface area (Å²) in [6, 6.07) is 28.4. The Balaban J connectivity index is 1.62. The van der Waals surface area contributed by atoms with Crippen LogP contribution in [0.2, 0.25) is 0 Å². The molecular formula is C32H39BrN2O5. The topological polar surface area (TPSA) is 69.3 Å². The molecule has 4 atom stereocenters. The van der Waals surface area contributed by atoms with Gasteiger partial charge in [0, 0.05) is 39.1 Å². The van der Waals surface area contributed by atoms with Gasteiger partial charge in [0.15, 0.2) is 12.6 Å². The monoisotopic (exact) mass is 610 g/mol. The van der Waals surface area contributed by atoms with Gasteiger partial charge in [0.05, 0.1) is 31.7 Å². The van der Waals surface area contributed by atoms with Crippen molar-refractivity contribution in [3.8, 4) is 0 Å². The lowest BCUT2D eigenvalue weighted by molar-refractivity contribution is -0.161. The van der Waals surface area contributed by atoms with Crippen LogP contribution in [0, 0.1) is 0 Å². The standard InChI is InChI=1S/C32H39BrN2O5/c1-37-31-17-18-35(21-25-15-13-24(20-33)14-16-25)29(27-11-7-4-8-12-27)23-40-32(38-2)19-30(36)34-28(22-39-31)26-9-5-3-6-10-26/h3-16,28-29,31-32H,17-23H2,1-2H3,(H,34,36)/t28-,29-,31-,32-/m0/s1. The number of nitrogens with one attached hydrogen (secondary N) is 1. The fourth-order valence-corrected chi connectivity index (χ4v) is 5.24. The van der Waals surface area contributed by atoms with E-state index < -0.39 is 12.6 Å². The molecule has 0 aliphatic carbocycles. The Bertz CT molecular complexity index is 1150. The summed E-state index contributed by atoms with van der Waals surface area (Å²) < 4.78 is 23.9. The highest BCUT2D eigenvalue weighted by molar-refractivity contribution is 9.08. The Hall–Kier alpha value is -2.59. The predicted octanol–water partition coefficient (Wildman–Crippen LogP) is 5.75. The van der Waals surface area contributed by atoms with Crippen molar-refractivity contribution in [2.24, 2.45) is 0 Å². The molecule has 40 heavy (non-hydrogen) atoms. The summed E-state index contributed by atoms with van der Waals surface area (Å²) in [5.74, 6) is -0.171. The van der Waals surface area contributed by atoms with Crippen LogP contribution in [0.5, 0.6) is 0 Å². The molecule has 0 bridgehead atoms. The van der Waals surface area contributed by atoms with Gasteiger partial charge >= 0.3 is 0 Å². The molecule has 1 aliphatic rings. The van der Waals surface area contributed by atoms with Gasteiger partial charge in [-0.1, -0.05) is 101 Å². The second-order valence-electron chi connectivity index (χ2n) is 9.87. The van der Waals surface area contributed by atoms with Crippen LogP contribution in [-0.2, 0) is 35.6 Å². The van der Waals surface area contributed by atoms with Crippen molar-refractivity contribution in [1.29, 1.82) is 0 Å². The lowest BCUT2D eigenvalue weighted by atomic mass is 10.0. The van der Waals surface area contributed by atoms with Gasteiger partial charge in [0.1, 0.15) is 0 Å². The maximum atomic E-state index is 13.1. The third kappa shape index (κ3) is 8.96. The normalized spacial score (nSPS) is 23.7. The third-order valence-corrected chi connectivity index (χ3v) is 7.79. The Morgan fingerprint density at radius 3 is 2.05 bits per heavy atom. The van der Waals surface area contributed by atoms with Gasteiger partial charge in [-0.25, -0.2) is 0 Å². The van der Waals surface area contributed by atoms with Crippen molar-refractivity contribution in [3.63, 3.8) is 0 Å². The number of rotatable bonds is 7. The number of nitrogens with zero attached hydrogens (tertiary/aromatic N) is 1. The maximum Gasteiger partial charge on any atom is 0.225 e. The summed E-state index contributed by atoms with van der Waals surface area (Å²) in [6.07, 6.45) is -0.405. The Morgan fingerprint density at radius 1 is 0.825 bits per heavy atom. The zero-order valence-electron chi connectivity index (χ0n) is 23.2. The number of ether oxygens (including phenoxy) is 4. The molecule has 0 saturated carbocycles. The van der Waals surface area contributed by atoms with Gasteiger partial charge in [0.25, 0.3) is 0 Å². The van der Waals surface area contributed by atoms with Crippen molar-refractivity contribution >= 4 is 21.8 Å². The van der Waals surface area contributed by atoms with E-state index in [1.54, 1.807) is 14.2 Å². The van der Waals surface area contributed by atoms with E-state index in [1.165, 1.54) is 11.1 Å². The first-order valence-corrected chi connectivity index (χ1v) is 14.8. The van der Waals surface area contributed by atoms with Gasteiger partial charge < -0.3 is 24.3 Å². The van der Waals surface area contributed by atoms with E-state index >= 15 is 0 Å². The third-order valence-electron chi connectivity index (χ3n) is 7.14. The molecule has 1 saturated heterocycles. The molecule has 1 aliphatic heterocycles. The number of carbonyl (C=O) groups is 1. The molecule has 7 nitrogen and oxygen atoms in total. The highest BCUT2D eigenvalue weighted by Crippen LogP contribution is 2.26. The Labute approximate surface area is 245 Å².